The van der Waals surface area contributed by atoms with Crippen molar-refractivity contribution in [3.63, 3.8) is 0 Å². The largest absolute Gasteiger partial charge is 0.494 e. The van der Waals surface area contributed by atoms with E-state index in [1.807, 2.05) is 19.2 Å². The molecule has 1 atom stereocenters. The van der Waals surface area contributed by atoms with Gasteiger partial charge < -0.3 is 14.8 Å². The number of benzene rings is 1. The van der Waals surface area contributed by atoms with Crippen LogP contribution in [0.3, 0.4) is 0 Å². The molecule has 5 nitrogen and oxygen atoms in total. The Morgan fingerprint density at radius 2 is 2.19 bits per heavy atom. The molecule has 0 amide bonds. The number of nitrogens with zero attached hydrogens (tertiary/aromatic N) is 2. The van der Waals surface area contributed by atoms with Gasteiger partial charge in [0.15, 0.2) is 11.6 Å². The van der Waals surface area contributed by atoms with Crippen molar-refractivity contribution in [3.05, 3.63) is 42.0 Å². The van der Waals surface area contributed by atoms with E-state index in [1.165, 1.54) is 13.2 Å². The van der Waals surface area contributed by atoms with Gasteiger partial charge in [-0.3, -0.25) is 4.68 Å². The third kappa shape index (κ3) is 3.95. The molecule has 2 aromatic rings. The second kappa shape index (κ2) is 7.08. The van der Waals surface area contributed by atoms with Crippen LogP contribution < -0.4 is 10.1 Å². The highest BCUT2D eigenvalue weighted by atomic mass is 19.1. The fraction of sp³-hybridized carbons (Fsp3) is 0.400. The molecule has 0 aliphatic heterocycles. The Bertz CT molecular complexity index is 586. The van der Waals surface area contributed by atoms with E-state index in [2.05, 4.69) is 10.4 Å². The summed E-state index contributed by atoms with van der Waals surface area (Å²) in [6.45, 7) is 3.28. The Kier molecular flexibility index (Phi) is 5.16. The first-order chi connectivity index (χ1) is 10.1. The standard InChI is InChI=1S/C15H20FN3O2/c1-11(12-4-5-15(21-3)14(16)8-12)18-13-9-17-19(10-13)6-7-20-2/h4-5,8-11,18H,6-7H2,1-3H3. The molecule has 0 saturated carbocycles. The van der Waals surface area contributed by atoms with Gasteiger partial charge in [0, 0.05) is 19.3 Å². The lowest BCUT2D eigenvalue weighted by Gasteiger charge is -2.15. The van der Waals surface area contributed by atoms with E-state index in [0.717, 1.165) is 11.3 Å². The first kappa shape index (κ1) is 15.3. The van der Waals surface area contributed by atoms with Crippen molar-refractivity contribution in [1.29, 1.82) is 0 Å². The molecular formula is C15H20FN3O2. The Morgan fingerprint density at radius 1 is 1.38 bits per heavy atom. The predicted molar refractivity (Wildman–Crippen MR) is 79.1 cm³/mol. The van der Waals surface area contributed by atoms with Gasteiger partial charge in [-0.1, -0.05) is 6.07 Å². The molecule has 1 aromatic carbocycles. The van der Waals surface area contributed by atoms with Crippen LogP contribution in [-0.4, -0.2) is 30.6 Å². The predicted octanol–water partition coefficient (Wildman–Crippen LogP) is 2.85. The average Bonchev–Trinajstić information content (AvgIpc) is 2.92. The number of hydrogen-bond donors (Lipinski definition) is 1. The van der Waals surface area contributed by atoms with Gasteiger partial charge in [0.25, 0.3) is 0 Å². The minimum absolute atomic E-state index is 0.0366. The van der Waals surface area contributed by atoms with E-state index >= 15 is 0 Å². The van der Waals surface area contributed by atoms with Gasteiger partial charge in [-0.15, -0.1) is 0 Å². The van der Waals surface area contributed by atoms with Crippen LogP contribution in [0.2, 0.25) is 0 Å². The molecule has 0 aliphatic carbocycles. The van der Waals surface area contributed by atoms with Crippen molar-refractivity contribution in [3.8, 4) is 5.75 Å². The maximum absolute atomic E-state index is 13.7. The van der Waals surface area contributed by atoms with Crippen LogP contribution in [-0.2, 0) is 11.3 Å². The average molecular weight is 293 g/mol. The van der Waals surface area contributed by atoms with E-state index in [9.17, 15) is 4.39 Å². The Hall–Kier alpha value is -2.08. The lowest BCUT2D eigenvalue weighted by molar-refractivity contribution is 0.183. The van der Waals surface area contributed by atoms with Crippen molar-refractivity contribution < 1.29 is 13.9 Å². The number of anilines is 1. The van der Waals surface area contributed by atoms with Crippen LogP contribution in [0.15, 0.2) is 30.6 Å². The monoisotopic (exact) mass is 293 g/mol. The zero-order chi connectivity index (χ0) is 15.2. The van der Waals surface area contributed by atoms with Gasteiger partial charge in [0.05, 0.1) is 32.1 Å². The highest BCUT2D eigenvalue weighted by molar-refractivity contribution is 5.42. The minimum Gasteiger partial charge on any atom is -0.494 e. The summed E-state index contributed by atoms with van der Waals surface area (Å²) in [5.41, 5.74) is 1.73. The van der Waals surface area contributed by atoms with E-state index in [4.69, 9.17) is 9.47 Å². The van der Waals surface area contributed by atoms with E-state index in [1.54, 1.807) is 24.1 Å². The summed E-state index contributed by atoms with van der Waals surface area (Å²) >= 11 is 0. The molecule has 1 N–H and O–H groups in total. The fourth-order valence-electron chi connectivity index (χ4n) is 2.03. The maximum Gasteiger partial charge on any atom is 0.165 e. The van der Waals surface area contributed by atoms with Crippen molar-refractivity contribution in [2.45, 2.75) is 19.5 Å². The summed E-state index contributed by atoms with van der Waals surface area (Å²) in [4.78, 5) is 0. The second-order valence-corrected chi connectivity index (χ2v) is 4.74. The van der Waals surface area contributed by atoms with E-state index in [-0.39, 0.29) is 17.6 Å². The smallest absolute Gasteiger partial charge is 0.165 e. The summed E-state index contributed by atoms with van der Waals surface area (Å²) in [6.07, 6.45) is 3.64. The van der Waals surface area contributed by atoms with Crippen molar-refractivity contribution >= 4 is 5.69 Å². The molecule has 0 saturated heterocycles. The third-order valence-electron chi connectivity index (χ3n) is 3.22. The van der Waals surface area contributed by atoms with Gasteiger partial charge >= 0.3 is 0 Å². The lowest BCUT2D eigenvalue weighted by atomic mass is 10.1. The molecule has 0 spiro atoms. The zero-order valence-electron chi connectivity index (χ0n) is 12.5. The Labute approximate surface area is 123 Å². The summed E-state index contributed by atoms with van der Waals surface area (Å²) < 4.78 is 25.4. The molecule has 0 radical (unpaired) electrons. The number of methoxy groups -OCH3 is 2. The molecular weight excluding hydrogens is 273 g/mol. The molecule has 1 aromatic heterocycles. The molecule has 114 valence electrons. The number of nitrogens with one attached hydrogen (secondary N) is 1. The van der Waals surface area contributed by atoms with Crippen LogP contribution in [0.4, 0.5) is 10.1 Å². The van der Waals surface area contributed by atoms with Crippen molar-refractivity contribution in [1.82, 2.24) is 9.78 Å². The van der Waals surface area contributed by atoms with Gasteiger partial charge in [-0.25, -0.2) is 4.39 Å². The first-order valence-corrected chi connectivity index (χ1v) is 6.75. The van der Waals surface area contributed by atoms with Gasteiger partial charge in [-0.2, -0.15) is 5.10 Å². The van der Waals surface area contributed by atoms with Crippen LogP contribution in [0.1, 0.15) is 18.5 Å². The second-order valence-electron chi connectivity index (χ2n) is 4.74. The number of halogens is 1. The summed E-state index contributed by atoms with van der Waals surface area (Å²) in [5.74, 6) is -0.113. The summed E-state index contributed by atoms with van der Waals surface area (Å²) in [5, 5.41) is 7.51. The lowest BCUT2D eigenvalue weighted by Crippen LogP contribution is -2.07. The summed E-state index contributed by atoms with van der Waals surface area (Å²) in [7, 11) is 3.11. The fourth-order valence-corrected chi connectivity index (χ4v) is 2.03. The molecule has 0 fully saturated rings. The van der Waals surface area contributed by atoms with Crippen molar-refractivity contribution in [2.75, 3.05) is 26.1 Å². The molecule has 1 unspecified atom stereocenters. The highest BCUT2D eigenvalue weighted by Crippen LogP contribution is 2.24. The molecule has 21 heavy (non-hydrogen) atoms. The van der Waals surface area contributed by atoms with Crippen LogP contribution >= 0.6 is 0 Å². The van der Waals surface area contributed by atoms with Gasteiger partial charge in [-0.05, 0) is 24.6 Å². The molecule has 2 rings (SSSR count). The van der Waals surface area contributed by atoms with Crippen LogP contribution in [0.5, 0.6) is 5.75 Å². The number of hydrogen-bond acceptors (Lipinski definition) is 4. The number of aromatic nitrogens is 2. The van der Waals surface area contributed by atoms with Crippen LogP contribution in [0.25, 0.3) is 0 Å². The highest BCUT2D eigenvalue weighted by Gasteiger charge is 2.10. The first-order valence-electron chi connectivity index (χ1n) is 6.75. The maximum atomic E-state index is 13.7. The van der Waals surface area contributed by atoms with Gasteiger partial charge in [0.2, 0.25) is 0 Å². The summed E-state index contributed by atoms with van der Waals surface area (Å²) in [6, 6.07) is 4.91. The topological polar surface area (TPSA) is 48.3 Å². The molecule has 0 aliphatic rings. The number of ether oxygens (including phenoxy) is 2. The molecule has 1 heterocycles. The van der Waals surface area contributed by atoms with E-state index in [0.29, 0.717) is 13.2 Å². The Morgan fingerprint density at radius 3 is 2.86 bits per heavy atom. The van der Waals surface area contributed by atoms with Crippen molar-refractivity contribution in [2.24, 2.45) is 0 Å². The zero-order valence-corrected chi connectivity index (χ0v) is 12.5. The molecule has 6 heteroatoms. The number of rotatable bonds is 7. The Balaban J connectivity index is 2.02. The van der Waals surface area contributed by atoms with Gasteiger partial charge in [0.1, 0.15) is 0 Å². The molecule has 0 bridgehead atoms. The quantitative estimate of drug-likeness (QED) is 0.853. The SMILES string of the molecule is COCCn1cc(NC(C)c2ccc(OC)c(F)c2)cn1. The third-order valence-corrected chi connectivity index (χ3v) is 3.22. The van der Waals surface area contributed by atoms with Crippen LogP contribution in [0, 0.1) is 5.82 Å². The normalized spacial score (nSPS) is 12.2. The minimum atomic E-state index is -0.362. The van der Waals surface area contributed by atoms with E-state index < -0.39 is 0 Å².